The largest absolute Gasteiger partial charge is 0.356 e. The molecule has 0 aliphatic heterocycles. The maximum Gasteiger partial charge on any atom is 0.221 e. The van der Waals surface area contributed by atoms with Gasteiger partial charge in [0.25, 0.3) is 0 Å². The Balaban J connectivity index is 1.74. The predicted molar refractivity (Wildman–Crippen MR) is 140 cm³/mol. The van der Waals surface area contributed by atoms with E-state index in [1.807, 2.05) is 66.7 Å². The fourth-order valence-electron chi connectivity index (χ4n) is 3.75. The highest BCUT2D eigenvalue weighted by Gasteiger charge is 2.18. The van der Waals surface area contributed by atoms with Crippen LogP contribution in [0.2, 0.25) is 5.02 Å². The molecule has 4 aromatic rings. The third-order valence-electron chi connectivity index (χ3n) is 5.50. The van der Waals surface area contributed by atoms with Crippen LogP contribution in [0.1, 0.15) is 25.8 Å². The van der Waals surface area contributed by atoms with Gasteiger partial charge in [-0.2, -0.15) is 0 Å². The maximum atomic E-state index is 12.5. The van der Waals surface area contributed by atoms with Gasteiger partial charge in [0.15, 0.2) is 5.82 Å². The van der Waals surface area contributed by atoms with Gasteiger partial charge in [0, 0.05) is 42.0 Å². The first-order valence-corrected chi connectivity index (χ1v) is 12.0. The Morgan fingerprint density at radius 3 is 2.38 bits per heavy atom. The standard InChI is InChI=1S/C28H29ClN4O/c1-20(2)18-30-26(34)15-16-33(19-21-9-5-3-6-10-21)28-24-14-13-23(29)17-25(24)31-27(32-28)22-11-7-4-8-12-22/h3-14,17,20H,15-16,18-19H2,1-2H3,(H,30,34). The molecule has 34 heavy (non-hydrogen) atoms. The van der Waals surface area contributed by atoms with E-state index in [9.17, 15) is 4.79 Å². The maximum absolute atomic E-state index is 12.5. The molecule has 0 fully saturated rings. The minimum Gasteiger partial charge on any atom is -0.356 e. The SMILES string of the molecule is CC(C)CNC(=O)CCN(Cc1ccccc1)c1nc(-c2ccccc2)nc2cc(Cl)ccc12. The molecule has 0 aliphatic rings. The fourth-order valence-corrected chi connectivity index (χ4v) is 3.92. The number of anilines is 1. The van der Waals surface area contributed by atoms with Crippen molar-refractivity contribution < 1.29 is 4.79 Å². The molecule has 1 aromatic heterocycles. The molecular formula is C28H29ClN4O. The molecule has 1 amide bonds. The number of carbonyl (C=O) groups excluding carboxylic acids is 1. The lowest BCUT2D eigenvalue weighted by Crippen LogP contribution is -2.33. The van der Waals surface area contributed by atoms with Gasteiger partial charge in [-0.1, -0.05) is 86.1 Å². The molecule has 1 N–H and O–H groups in total. The van der Waals surface area contributed by atoms with Gasteiger partial charge in [0.05, 0.1) is 5.52 Å². The monoisotopic (exact) mass is 472 g/mol. The number of rotatable bonds is 9. The van der Waals surface area contributed by atoms with E-state index in [4.69, 9.17) is 21.6 Å². The lowest BCUT2D eigenvalue weighted by molar-refractivity contribution is -0.121. The van der Waals surface area contributed by atoms with Gasteiger partial charge in [-0.05, 0) is 29.7 Å². The van der Waals surface area contributed by atoms with Crippen molar-refractivity contribution in [3.05, 3.63) is 89.4 Å². The Morgan fingerprint density at radius 2 is 1.68 bits per heavy atom. The number of hydrogen-bond acceptors (Lipinski definition) is 4. The molecular weight excluding hydrogens is 444 g/mol. The van der Waals surface area contributed by atoms with Crippen LogP contribution >= 0.6 is 11.6 Å². The summed E-state index contributed by atoms with van der Waals surface area (Å²) in [6.45, 7) is 6.00. The highest BCUT2D eigenvalue weighted by Crippen LogP contribution is 2.30. The molecule has 3 aromatic carbocycles. The molecule has 0 spiro atoms. The second kappa shape index (κ2) is 11.1. The van der Waals surface area contributed by atoms with Gasteiger partial charge >= 0.3 is 0 Å². The highest BCUT2D eigenvalue weighted by atomic mass is 35.5. The van der Waals surface area contributed by atoms with Gasteiger partial charge in [-0.3, -0.25) is 4.79 Å². The van der Waals surface area contributed by atoms with E-state index in [1.165, 1.54) is 0 Å². The Labute approximate surface area is 205 Å². The van der Waals surface area contributed by atoms with Crippen LogP contribution in [0.3, 0.4) is 0 Å². The Morgan fingerprint density at radius 1 is 0.971 bits per heavy atom. The van der Waals surface area contributed by atoms with Gasteiger partial charge in [-0.25, -0.2) is 9.97 Å². The summed E-state index contributed by atoms with van der Waals surface area (Å²) >= 11 is 6.31. The number of aromatic nitrogens is 2. The Kier molecular flexibility index (Phi) is 7.76. The number of nitrogens with one attached hydrogen (secondary N) is 1. The molecule has 174 valence electrons. The summed E-state index contributed by atoms with van der Waals surface area (Å²) < 4.78 is 0. The van der Waals surface area contributed by atoms with Crippen molar-refractivity contribution >= 4 is 34.2 Å². The molecule has 4 rings (SSSR count). The van der Waals surface area contributed by atoms with Crippen molar-refractivity contribution in [3.63, 3.8) is 0 Å². The zero-order valence-electron chi connectivity index (χ0n) is 19.5. The van der Waals surface area contributed by atoms with E-state index >= 15 is 0 Å². The van der Waals surface area contributed by atoms with Gasteiger partial charge in [0.1, 0.15) is 5.82 Å². The van der Waals surface area contributed by atoms with Gasteiger partial charge in [-0.15, -0.1) is 0 Å². The number of carbonyl (C=O) groups is 1. The van der Waals surface area contributed by atoms with Crippen LogP contribution in [0.25, 0.3) is 22.3 Å². The second-order valence-corrected chi connectivity index (χ2v) is 9.19. The normalized spacial score (nSPS) is 11.1. The number of halogens is 1. The van der Waals surface area contributed by atoms with E-state index in [0.29, 0.717) is 42.8 Å². The van der Waals surface area contributed by atoms with Crippen LogP contribution in [-0.4, -0.2) is 29.0 Å². The zero-order valence-corrected chi connectivity index (χ0v) is 20.3. The van der Waals surface area contributed by atoms with Gasteiger partial charge in [0.2, 0.25) is 5.91 Å². The molecule has 0 aliphatic carbocycles. The lowest BCUT2D eigenvalue weighted by atomic mass is 10.1. The quantitative estimate of drug-likeness (QED) is 0.319. The topological polar surface area (TPSA) is 58.1 Å². The molecule has 0 bridgehead atoms. The lowest BCUT2D eigenvalue weighted by Gasteiger charge is -2.26. The van der Waals surface area contributed by atoms with Crippen molar-refractivity contribution in [1.29, 1.82) is 0 Å². The van der Waals surface area contributed by atoms with Crippen molar-refractivity contribution in [2.45, 2.75) is 26.8 Å². The Bertz CT molecular complexity index is 1250. The van der Waals surface area contributed by atoms with Crippen LogP contribution in [0, 0.1) is 5.92 Å². The third-order valence-corrected chi connectivity index (χ3v) is 5.74. The highest BCUT2D eigenvalue weighted by molar-refractivity contribution is 6.31. The third kappa shape index (κ3) is 6.12. The summed E-state index contributed by atoms with van der Waals surface area (Å²) in [6, 6.07) is 25.8. The molecule has 0 saturated carbocycles. The van der Waals surface area contributed by atoms with Crippen LogP contribution in [-0.2, 0) is 11.3 Å². The fraction of sp³-hybridized carbons (Fsp3) is 0.250. The average molecular weight is 473 g/mol. The van der Waals surface area contributed by atoms with E-state index in [2.05, 4.69) is 36.2 Å². The van der Waals surface area contributed by atoms with E-state index in [0.717, 1.165) is 27.8 Å². The van der Waals surface area contributed by atoms with Crippen molar-refractivity contribution in [2.24, 2.45) is 5.92 Å². The summed E-state index contributed by atoms with van der Waals surface area (Å²) in [6.07, 6.45) is 0.374. The van der Waals surface area contributed by atoms with E-state index < -0.39 is 0 Å². The molecule has 1 heterocycles. The van der Waals surface area contributed by atoms with Crippen LogP contribution in [0.4, 0.5) is 5.82 Å². The second-order valence-electron chi connectivity index (χ2n) is 8.75. The average Bonchev–Trinajstić information content (AvgIpc) is 2.85. The molecule has 0 radical (unpaired) electrons. The summed E-state index contributed by atoms with van der Waals surface area (Å²) in [4.78, 5) is 24.5. The minimum absolute atomic E-state index is 0.0384. The van der Waals surface area contributed by atoms with Crippen LogP contribution < -0.4 is 10.2 Å². The molecule has 5 nitrogen and oxygen atoms in total. The summed E-state index contributed by atoms with van der Waals surface area (Å²) in [7, 11) is 0. The first-order valence-electron chi connectivity index (χ1n) is 11.6. The van der Waals surface area contributed by atoms with Crippen LogP contribution in [0.15, 0.2) is 78.9 Å². The van der Waals surface area contributed by atoms with Crippen molar-refractivity contribution in [3.8, 4) is 11.4 Å². The minimum atomic E-state index is 0.0384. The first-order chi connectivity index (χ1) is 16.5. The summed E-state index contributed by atoms with van der Waals surface area (Å²) in [5, 5.41) is 4.55. The number of amides is 1. The van der Waals surface area contributed by atoms with Crippen LogP contribution in [0.5, 0.6) is 0 Å². The smallest absolute Gasteiger partial charge is 0.221 e. The summed E-state index contributed by atoms with van der Waals surface area (Å²) in [5.41, 5.74) is 2.85. The first kappa shape index (κ1) is 23.7. The summed E-state index contributed by atoms with van der Waals surface area (Å²) in [5.74, 6) is 1.87. The van der Waals surface area contributed by atoms with Crippen molar-refractivity contribution in [2.75, 3.05) is 18.0 Å². The van der Waals surface area contributed by atoms with E-state index in [1.54, 1.807) is 0 Å². The van der Waals surface area contributed by atoms with Crippen molar-refractivity contribution in [1.82, 2.24) is 15.3 Å². The number of benzene rings is 3. The molecule has 0 unspecified atom stereocenters. The zero-order chi connectivity index (χ0) is 23.9. The predicted octanol–water partition coefficient (Wildman–Crippen LogP) is 6.12. The number of nitrogens with zero attached hydrogens (tertiary/aromatic N) is 3. The molecule has 0 atom stereocenters. The molecule has 6 heteroatoms. The number of fused-ring (bicyclic) bond motifs is 1. The van der Waals surface area contributed by atoms with Gasteiger partial charge < -0.3 is 10.2 Å². The molecule has 0 saturated heterocycles. The van der Waals surface area contributed by atoms with E-state index in [-0.39, 0.29) is 5.91 Å². The Hall–Kier alpha value is -3.44. The number of hydrogen-bond donors (Lipinski definition) is 1.